The van der Waals surface area contributed by atoms with E-state index >= 15 is 0 Å². The molecular formula is C15H12F5NO2S. The topological polar surface area (TPSA) is 46.2 Å². The van der Waals surface area contributed by atoms with Gasteiger partial charge in [-0.1, -0.05) is 18.2 Å². The van der Waals surface area contributed by atoms with Crippen LogP contribution in [0.25, 0.3) is 0 Å². The smallest absolute Gasteiger partial charge is 0.211 e. The molecule has 0 aliphatic carbocycles. The number of hydrogen-bond donors (Lipinski definition) is 1. The molecule has 24 heavy (non-hydrogen) atoms. The Morgan fingerprint density at radius 3 is 2.33 bits per heavy atom. The number of benzene rings is 2. The van der Waals surface area contributed by atoms with E-state index in [1.165, 1.54) is 12.1 Å². The molecule has 2 aromatic rings. The Bertz CT molecular complexity index is 834. The van der Waals surface area contributed by atoms with Crippen molar-refractivity contribution in [3.8, 4) is 0 Å². The number of halogens is 5. The number of alkyl halides is 3. The van der Waals surface area contributed by atoms with Crippen LogP contribution in [0, 0.1) is 11.6 Å². The number of sulfonamides is 1. The molecule has 0 spiro atoms. The minimum atomic E-state index is -4.49. The van der Waals surface area contributed by atoms with Crippen molar-refractivity contribution < 1.29 is 30.4 Å². The van der Waals surface area contributed by atoms with Gasteiger partial charge in [0.1, 0.15) is 16.5 Å². The second-order valence-corrected chi connectivity index (χ2v) is 6.66. The van der Waals surface area contributed by atoms with Crippen molar-refractivity contribution in [2.45, 2.75) is 17.5 Å². The maximum atomic E-state index is 13.5. The first kappa shape index (κ1) is 18.3. The number of nitrogens with one attached hydrogen (secondary N) is 1. The van der Waals surface area contributed by atoms with Gasteiger partial charge >= 0.3 is 6.18 Å². The van der Waals surface area contributed by atoms with Crippen molar-refractivity contribution in [2.75, 3.05) is 6.54 Å². The van der Waals surface area contributed by atoms with Crippen LogP contribution in [0.2, 0.25) is 0 Å². The summed E-state index contributed by atoms with van der Waals surface area (Å²) in [6, 6.07) is 6.45. The molecule has 2 rings (SSSR count). The second kappa shape index (κ2) is 6.86. The van der Waals surface area contributed by atoms with E-state index in [0.717, 1.165) is 24.3 Å². The lowest BCUT2D eigenvalue weighted by atomic mass is 10.1. The molecule has 0 amide bonds. The molecule has 0 saturated carbocycles. The number of rotatable bonds is 5. The molecule has 0 bridgehead atoms. The molecule has 3 nitrogen and oxygen atoms in total. The lowest BCUT2D eigenvalue weighted by molar-refractivity contribution is -0.137. The zero-order valence-electron chi connectivity index (χ0n) is 12.1. The van der Waals surface area contributed by atoms with Gasteiger partial charge in [-0.2, -0.15) is 13.2 Å². The van der Waals surface area contributed by atoms with E-state index < -0.39 is 38.3 Å². The van der Waals surface area contributed by atoms with E-state index in [2.05, 4.69) is 4.72 Å². The van der Waals surface area contributed by atoms with E-state index in [1.54, 1.807) is 0 Å². The van der Waals surface area contributed by atoms with Crippen molar-refractivity contribution in [3.05, 3.63) is 65.2 Å². The van der Waals surface area contributed by atoms with Gasteiger partial charge in [0.15, 0.2) is 0 Å². The first-order chi connectivity index (χ1) is 11.1. The third-order valence-electron chi connectivity index (χ3n) is 3.14. The van der Waals surface area contributed by atoms with Crippen molar-refractivity contribution in [1.82, 2.24) is 4.72 Å². The standard InChI is InChI=1S/C15H12F5NO2S/c16-12-4-5-14(13(17)9-12)24(22,23)21-7-6-10-2-1-3-11(8-10)15(18,19)20/h1-5,8-9,21H,6-7H2. The van der Waals surface area contributed by atoms with Crippen molar-refractivity contribution in [3.63, 3.8) is 0 Å². The van der Waals surface area contributed by atoms with E-state index in [9.17, 15) is 30.4 Å². The average Bonchev–Trinajstić information content (AvgIpc) is 2.46. The monoisotopic (exact) mass is 365 g/mol. The van der Waals surface area contributed by atoms with Gasteiger partial charge in [-0.05, 0) is 30.2 Å². The largest absolute Gasteiger partial charge is 0.416 e. The summed E-state index contributed by atoms with van der Waals surface area (Å²) in [5.41, 5.74) is -0.570. The van der Waals surface area contributed by atoms with Gasteiger partial charge in [-0.15, -0.1) is 0 Å². The normalized spacial score (nSPS) is 12.4. The van der Waals surface area contributed by atoms with Crippen molar-refractivity contribution >= 4 is 10.0 Å². The molecule has 130 valence electrons. The molecule has 2 aromatic carbocycles. The van der Waals surface area contributed by atoms with Crippen LogP contribution >= 0.6 is 0 Å². The summed E-state index contributed by atoms with van der Waals surface area (Å²) in [6.45, 7) is -0.236. The summed E-state index contributed by atoms with van der Waals surface area (Å²) in [6.07, 6.45) is -4.52. The Morgan fingerprint density at radius 1 is 1.00 bits per heavy atom. The third-order valence-corrected chi connectivity index (χ3v) is 4.64. The molecule has 0 unspecified atom stereocenters. The molecule has 0 heterocycles. The summed E-state index contributed by atoms with van der Waals surface area (Å²) in [7, 11) is -4.23. The Balaban J connectivity index is 2.06. The Hall–Kier alpha value is -2.00. The van der Waals surface area contributed by atoms with Gasteiger partial charge in [0.05, 0.1) is 5.56 Å². The molecule has 1 N–H and O–H groups in total. The maximum Gasteiger partial charge on any atom is 0.416 e. The number of hydrogen-bond acceptors (Lipinski definition) is 2. The first-order valence-electron chi connectivity index (χ1n) is 6.70. The maximum absolute atomic E-state index is 13.5. The van der Waals surface area contributed by atoms with Crippen LogP contribution in [0.15, 0.2) is 47.4 Å². The van der Waals surface area contributed by atoms with Gasteiger partial charge in [-0.25, -0.2) is 21.9 Å². The molecule has 0 aliphatic rings. The minimum Gasteiger partial charge on any atom is -0.211 e. The lowest BCUT2D eigenvalue weighted by Crippen LogP contribution is -2.27. The zero-order valence-corrected chi connectivity index (χ0v) is 12.9. The zero-order chi connectivity index (χ0) is 18.0. The summed E-state index contributed by atoms with van der Waals surface area (Å²) in [5.74, 6) is -2.17. The Morgan fingerprint density at radius 2 is 1.71 bits per heavy atom. The summed E-state index contributed by atoms with van der Waals surface area (Å²) in [5, 5.41) is 0. The van der Waals surface area contributed by atoms with Crippen LogP contribution in [-0.4, -0.2) is 15.0 Å². The summed E-state index contributed by atoms with van der Waals surface area (Å²) >= 11 is 0. The highest BCUT2D eigenvalue weighted by atomic mass is 32.2. The van der Waals surface area contributed by atoms with Crippen LogP contribution in [-0.2, 0) is 22.6 Å². The van der Waals surface area contributed by atoms with Crippen molar-refractivity contribution in [2.24, 2.45) is 0 Å². The van der Waals surface area contributed by atoms with Gasteiger partial charge in [0.2, 0.25) is 10.0 Å². The van der Waals surface area contributed by atoms with E-state index in [4.69, 9.17) is 0 Å². The van der Waals surface area contributed by atoms with Gasteiger partial charge < -0.3 is 0 Å². The Kier molecular flexibility index (Phi) is 5.24. The van der Waals surface area contributed by atoms with Crippen LogP contribution in [0.5, 0.6) is 0 Å². The summed E-state index contributed by atoms with van der Waals surface area (Å²) in [4.78, 5) is -0.729. The van der Waals surface area contributed by atoms with E-state index in [0.29, 0.717) is 6.07 Å². The predicted molar refractivity (Wildman–Crippen MR) is 76.7 cm³/mol. The minimum absolute atomic E-state index is 0.0219. The van der Waals surface area contributed by atoms with Gasteiger partial charge in [-0.3, -0.25) is 0 Å². The van der Waals surface area contributed by atoms with Gasteiger partial charge in [0.25, 0.3) is 0 Å². The molecule has 0 radical (unpaired) electrons. The molecule has 0 fully saturated rings. The molecule has 9 heteroatoms. The third kappa shape index (κ3) is 4.51. The van der Waals surface area contributed by atoms with Crippen molar-refractivity contribution in [1.29, 1.82) is 0 Å². The highest BCUT2D eigenvalue weighted by Gasteiger charge is 2.30. The summed E-state index contributed by atoms with van der Waals surface area (Å²) < 4.78 is 90.0. The quantitative estimate of drug-likeness (QED) is 0.825. The highest BCUT2D eigenvalue weighted by molar-refractivity contribution is 7.89. The second-order valence-electron chi connectivity index (χ2n) is 4.92. The molecule has 0 atom stereocenters. The van der Waals surface area contributed by atoms with Gasteiger partial charge in [0, 0.05) is 12.6 Å². The molecule has 0 saturated heterocycles. The SMILES string of the molecule is O=S(=O)(NCCc1cccc(C(F)(F)F)c1)c1ccc(F)cc1F. The van der Waals surface area contributed by atoms with Crippen LogP contribution < -0.4 is 4.72 Å². The fourth-order valence-electron chi connectivity index (χ4n) is 2.00. The first-order valence-corrected chi connectivity index (χ1v) is 8.19. The fourth-order valence-corrected chi connectivity index (χ4v) is 3.09. The molecule has 0 aromatic heterocycles. The van der Waals surface area contributed by atoms with Crippen LogP contribution in [0.3, 0.4) is 0 Å². The fraction of sp³-hybridized carbons (Fsp3) is 0.200. The molecular weight excluding hydrogens is 353 g/mol. The van der Waals surface area contributed by atoms with Crippen LogP contribution in [0.4, 0.5) is 22.0 Å². The van der Waals surface area contributed by atoms with E-state index in [1.807, 2.05) is 0 Å². The van der Waals surface area contributed by atoms with Crippen LogP contribution in [0.1, 0.15) is 11.1 Å². The Labute approximate surface area is 135 Å². The lowest BCUT2D eigenvalue weighted by Gasteiger charge is -2.10. The predicted octanol–water partition coefficient (Wildman–Crippen LogP) is 3.50. The van der Waals surface area contributed by atoms with E-state index in [-0.39, 0.29) is 18.5 Å². The average molecular weight is 365 g/mol. The molecule has 0 aliphatic heterocycles. The highest BCUT2D eigenvalue weighted by Crippen LogP contribution is 2.29.